The topological polar surface area (TPSA) is 167 Å². The third-order valence-corrected chi connectivity index (χ3v) is 4.58. The molecular weight excluding hydrogens is 454 g/mol. The van der Waals surface area contributed by atoms with Gasteiger partial charge >= 0.3 is 23.9 Å². The molecule has 1 saturated heterocycles. The van der Waals surface area contributed by atoms with Gasteiger partial charge in [0.15, 0.2) is 24.4 Å². The van der Waals surface area contributed by atoms with Crippen molar-refractivity contribution in [2.45, 2.75) is 64.5 Å². The van der Waals surface area contributed by atoms with E-state index in [-0.39, 0.29) is 0 Å². The number of carbonyl (C=O) groups excluding carboxylic acids is 5. The fraction of sp³-hybridized carbons (Fsp3) is 0.500. The number of primary amides is 1. The number of hydrogen-bond acceptors (Lipinski definition) is 11. The number of ether oxygens (including phenoxy) is 6. The molecule has 0 saturated carbocycles. The zero-order chi connectivity index (χ0) is 25.4. The van der Waals surface area contributed by atoms with E-state index in [9.17, 15) is 24.0 Å². The molecule has 1 aromatic carbocycles. The lowest BCUT2D eigenvalue weighted by atomic mass is 9.97. The number of amides is 1. The van der Waals surface area contributed by atoms with Gasteiger partial charge in [0, 0.05) is 27.7 Å². The predicted octanol–water partition coefficient (Wildman–Crippen LogP) is 0.313. The van der Waals surface area contributed by atoms with E-state index in [4.69, 9.17) is 34.2 Å². The molecule has 1 fully saturated rings. The Bertz CT molecular complexity index is 903. The highest BCUT2D eigenvalue weighted by Crippen LogP contribution is 2.32. The molecule has 3 unspecified atom stereocenters. The van der Waals surface area contributed by atoms with E-state index in [0.29, 0.717) is 5.56 Å². The van der Waals surface area contributed by atoms with Crippen LogP contribution in [0.4, 0.5) is 0 Å². The van der Waals surface area contributed by atoms with Crippen LogP contribution in [-0.4, -0.2) is 67.1 Å². The van der Waals surface area contributed by atoms with Gasteiger partial charge in [0.2, 0.25) is 6.29 Å². The molecule has 6 atom stereocenters. The molecule has 0 aliphatic carbocycles. The van der Waals surface area contributed by atoms with Crippen molar-refractivity contribution in [3.05, 3.63) is 35.9 Å². The SMILES string of the molecule is CC(=O)OCC1O[C@@H](O[C@H](C(N)=O)c2ccccc2)C(OC(C)=O)C(OC(C)=O)[C@@H]1OC(C)=O. The summed E-state index contributed by atoms with van der Waals surface area (Å²) in [5, 5.41) is 0. The molecule has 34 heavy (non-hydrogen) atoms. The summed E-state index contributed by atoms with van der Waals surface area (Å²) >= 11 is 0. The average molecular weight is 481 g/mol. The molecule has 1 aromatic rings. The van der Waals surface area contributed by atoms with E-state index in [0.717, 1.165) is 27.7 Å². The normalized spacial score (nSPS) is 24.9. The minimum absolute atomic E-state index is 0.378. The maximum Gasteiger partial charge on any atom is 0.303 e. The van der Waals surface area contributed by atoms with Crippen LogP contribution in [-0.2, 0) is 52.4 Å². The van der Waals surface area contributed by atoms with Crippen molar-refractivity contribution in [3.8, 4) is 0 Å². The Labute approximate surface area is 195 Å². The van der Waals surface area contributed by atoms with Gasteiger partial charge in [0.05, 0.1) is 0 Å². The molecule has 1 amide bonds. The van der Waals surface area contributed by atoms with Gasteiger partial charge in [0.25, 0.3) is 5.91 Å². The maximum atomic E-state index is 12.2. The Balaban J connectivity index is 2.50. The summed E-state index contributed by atoms with van der Waals surface area (Å²) in [5.41, 5.74) is 5.90. The molecule has 2 rings (SSSR count). The summed E-state index contributed by atoms with van der Waals surface area (Å²) in [6.45, 7) is 4.02. The molecule has 2 N–H and O–H groups in total. The molecule has 0 bridgehead atoms. The highest BCUT2D eigenvalue weighted by molar-refractivity contribution is 5.80. The van der Waals surface area contributed by atoms with Gasteiger partial charge in [-0.1, -0.05) is 30.3 Å². The Morgan fingerprint density at radius 2 is 1.35 bits per heavy atom. The minimum Gasteiger partial charge on any atom is -0.463 e. The van der Waals surface area contributed by atoms with E-state index in [1.165, 1.54) is 0 Å². The molecule has 0 radical (unpaired) electrons. The average Bonchev–Trinajstić information content (AvgIpc) is 2.73. The number of rotatable bonds is 9. The van der Waals surface area contributed by atoms with E-state index in [1.54, 1.807) is 30.3 Å². The number of nitrogens with two attached hydrogens (primary N) is 1. The van der Waals surface area contributed by atoms with Crippen LogP contribution >= 0.6 is 0 Å². The summed E-state index contributed by atoms with van der Waals surface area (Å²) in [7, 11) is 0. The molecule has 186 valence electrons. The van der Waals surface area contributed by atoms with Gasteiger partial charge in [-0.3, -0.25) is 24.0 Å². The van der Waals surface area contributed by atoms with Crippen LogP contribution in [0.25, 0.3) is 0 Å². The summed E-state index contributed by atoms with van der Waals surface area (Å²) in [6, 6.07) is 8.20. The second kappa shape index (κ2) is 12.1. The number of hydrogen-bond donors (Lipinski definition) is 1. The first-order valence-electron chi connectivity index (χ1n) is 10.3. The summed E-state index contributed by atoms with van der Waals surface area (Å²) in [5.74, 6) is -3.89. The van der Waals surface area contributed by atoms with Crippen molar-refractivity contribution in [1.82, 2.24) is 0 Å². The monoisotopic (exact) mass is 481 g/mol. The summed E-state index contributed by atoms with van der Waals surface area (Å²) in [4.78, 5) is 59.0. The van der Waals surface area contributed by atoms with Gasteiger partial charge in [-0.15, -0.1) is 0 Å². The highest BCUT2D eigenvalue weighted by Gasteiger charge is 2.53. The number of esters is 4. The van der Waals surface area contributed by atoms with Crippen molar-refractivity contribution in [3.63, 3.8) is 0 Å². The predicted molar refractivity (Wildman–Crippen MR) is 111 cm³/mol. The van der Waals surface area contributed by atoms with Crippen molar-refractivity contribution < 1.29 is 52.4 Å². The zero-order valence-corrected chi connectivity index (χ0v) is 19.1. The van der Waals surface area contributed by atoms with Crippen molar-refractivity contribution in [2.24, 2.45) is 5.73 Å². The van der Waals surface area contributed by atoms with E-state index in [2.05, 4.69) is 0 Å². The van der Waals surface area contributed by atoms with Crippen LogP contribution in [0.2, 0.25) is 0 Å². The first-order valence-corrected chi connectivity index (χ1v) is 10.3. The number of carbonyl (C=O) groups is 5. The molecule has 1 heterocycles. The Morgan fingerprint density at radius 1 is 0.824 bits per heavy atom. The van der Waals surface area contributed by atoms with Gasteiger partial charge in [0.1, 0.15) is 12.7 Å². The van der Waals surface area contributed by atoms with Crippen molar-refractivity contribution >= 4 is 29.8 Å². The third-order valence-electron chi connectivity index (χ3n) is 4.58. The Morgan fingerprint density at radius 3 is 1.85 bits per heavy atom. The van der Waals surface area contributed by atoms with Crippen LogP contribution in [0.15, 0.2) is 30.3 Å². The van der Waals surface area contributed by atoms with Crippen LogP contribution < -0.4 is 5.73 Å². The minimum atomic E-state index is -1.53. The molecular formula is C22H27NO11. The standard InChI is InChI=1S/C22H27NO11/c1-11(24)29-10-16-18(30-12(2)25)19(31-13(3)26)20(32-14(4)27)22(33-16)34-17(21(23)28)15-8-6-5-7-9-15/h5-9,16-20,22H,10H2,1-4H3,(H2,23,28)/t16?,17-,18+,19?,20?,22-/m0/s1. The maximum absolute atomic E-state index is 12.2. The van der Waals surface area contributed by atoms with Crippen LogP contribution in [0, 0.1) is 0 Å². The second-order valence-electron chi connectivity index (χ2n) is 7.40. The summed E-state index contributed by atoms with van der Waals surface area (Å²) in [6.07, 6.45) is -8.31. The van der Waals surface area contributed by atoms with Gasteiger partial charge < -0.3 is 34.2 Å². The molecule has 1 aliphatic heterocycles. The van der Waals surface area contributed by atoms with E-state index in [1.807, 2.05) is 0 Å². The van der Waals surface area contributed by atoms with Gasteiger partial charge in [-0.25, -0.2) is 0 Å². The Hall–Kier alpha value is -3.51. The fourth-order valence-electron chi connectivity index (χ4n) is 3.37. The first-order chi connectivity index (χ1) is 16.0. The smallest absolute Gasteiger partial charge is 0.303 e. The fourth-order valence-corrected chi connectivity index (χ4v) is 3.37. The molecule has 12 heteroatoms. The lowest BCUT2D eigenvalue weighted by Crippen LogP contribution is -2.63. The van der Waals surface area contributed by atoms with Crippen LogP contribution in [0.1, 0.15) is 39.4 Å². The molecule has 12 nitrogen and oxygen atoms in total. The van der Waals surface area contributed by atoms with E-state index < -0.39 is 73.2 Å². The van der Waals surface area contributed by atoms with Gasteiger partial charge in [-0.05, 0) is 5.56 Å². The van der Waals surface area contributed by atoms with Crippen molar-refractivity contribution in [1.29, 1.82) is 0 Å². The lowest BCUT2D eigenvalue weighted by Gasteiger charge is -2.44. The summed E-state index contributed by atoms with van der Waals surface area (Å²) < 4.78 is 32.5. The zero-order valence-electron chi connectivity index (χ0n) is 19.1. The largest absolute Gasteiger partial charge is 0.463 e. The van der Waals surface area contributed by atoms with Crippen LogP contribution in [0.3, 0.4) is 0 Å². The molecule has 0 spiro atoms. The molecule has 1 aliphatic rings. The number of benzene rings is 1. The quantitative estimate of drug-likeness (QED) is 0.381. The van der Waals surface area contributed by atoms with Gasteiger partial charge in [-0.2, -0.15) is 0 Å². The highest BCUT2D eigenvalue weighted by atomic mass is 16.7. The lowest BCUT2D eigenvalue weighted by molar-refractivity contribution is -0.315. The second-order valence-corrected chi connectivity index (χ2v) is 7.40. The third kappa shape index (κ3) is 7.52. The van der Waals surface area contributed by atoms with Crippen molar-refractivity contribution in [2.75, 3.05) is 6.61 Å². The van der Waals surface area contributed by atoms with Crippen LogP contribution in [0.5, 0.6) is 0 Å². The first kappa shape index (κ1) is 26.7. The molecule has 0 aromatic heterocycles. The Kier molecular flexibility index (Phi) is 9.51. The van der Waals surface area contributed by atoms with E-state index >= 15 is 0 Å².